The third-order valence-corrected chi connectivity index (χ3v) is 9.69. The Hall–Kier alpha value is -5.13. The second-order valence-corrected chi connectivity index (χ2v) is 13.5. The van der Waals surface area contributed by atoms with E-state index in [2.05, 4.69) is 29.8 Å². The molecule has 0 unspecified atom stereocenters. The van der Waals surface area contributed by atoms with Crippen LogP contribution in [0, 0.1) is 10.1 Å². The molecule has 4 aromatic carbocycles. The Morgan fingerprint density at radius 2 is 1.76 bits per heavy atom. The highest BCUT2D eigenvalue weighted by molar-refractivity contribution is 9.10. The highest BCUT2D eigenvalue weighted by Gasteiger charge is 2.35. The summed E-state index contributed by atoms with van der Waals surface area (Å²) in [6.45, 7) is 6.39. The lowest BCUT2D eigenvalue weighted by atomic mass is 9.91. The molecule has 1 atom stereocenters. The molecule has 0 fully saturated rings. The van der Waals surface area contributed by atoms with Gasteiger partial charge in [-0.15, -0.1) is 0 Å². The number of non-ortho nitro benzene ring substituents is 1. The summed E-state index contributed by atoms with van der Waals surface area (Å²) < 4.78 is 14.2. The first kappa shape index (κ1) is 33.8. The highest BCUT2D eigenvalue weighted by Crippen LogP contribution is 2.36. The minimum atomic E-state index is -0.754. The van der Waals surface area contributed by atoms with Crippen LogP contribution in [-0.2, 0) is 16.1 Å². The number of esters is 1. The summed E-state index contributed by atoms with van der Waals surface area (Å²) in [5.74, 6) is 0.369. The van der Waals surface area contributed by atoms with E-state index in [9.17, 15) is 19.7 Å². The predicted octanol–water partition coefficient (Wildman–Crippen LogP) is 7.31. The van der Waals surface area contributed by atoms with Gasteiger partial charge in [-0.05, 0) is 81.4 Å². The zero-order valence-electron chi connectivity index (χ0n) is 27.0. The molecule has 0 amide bonds. The van der Waals surface area contributed by atoms with Crippen molar-refractivity contribution in [2.75, 3.05) is 6.61 Å². The Kier molecular flexibility index (Phi) is 10.0. The topological polar surface area (TPSA) is 113 Å². The summed E-state index contributed by atoms with van der Waals surface area (Å²) in [6.07, 6.45) is 1.80. The minimum Gasteiger partial charge on any atom is -0.488 e. The zero-order chi connectivity index (χ0) is 34.7. The Morgan fingerprint density at radius 3 is 2.39 bits per heavy atom. The standard InChI is InChI=1S/C38H32BrN3O6S/c1-4-47-37(44)33-34(27-8-6-5-7-9-27)40-38-41(35(33)28-15-13-26(14-16-28)23(2)3)36(43)32(49-38)21-25-12-19-31(30(39)20-25)48-22-24-10-17-29(18-11-24)42(45)46/h5-21,23,35H,4,22H2,1-3H3/b32-21-/t35-/m0/s1. The first-order valence-corrected chi connectivity index (χ1v) is 17.3. The maximum Gasteiger partial charge on any atom is 0.338 e. The molecule has 5 aromatic rings. The quantitative estimate of drug-likeness (QED) is 0.0844. The number of halogens is 1. The van der Waals surface area contributed by atoms with Crippen LogP contribution in [0.25, 0.3) is 11.8 Å². The predicted molar refractivity (Wildman–Crippen MR) is 193 cm³/mol. The molecule has 0 radical (unpaired) electrons. The summed E-state index contributed by atoms with van der Waals surface area (Å²) in [4.78, 5) is 43.9. The van der Waals surface area contributed by atoms with E-state index >= 15 is 0 Å². The third kappa shape index (κ3) is 7.18. The smallest absolute Gasteiger partial charge is 0.338 e. The Labute approximate surface area is 294 Å². The van der Waals surface area contributed by atoms with E-state index in [0.717, 1.165) is 27.8 Å². The van der Waals surface area contributed by atoms with Gasteiger partial charge >= 0.3 is 5.97 Å². The lowest BCUT2D eigenvalue weighted by molar-refractivity contribution is -0.384. The summed E-state index contributed by atoms with van der Waals surface area (Å²) in [6, 6.07) is 28.4. The van der Waals surface area contributed by atoms with Gasteiger partial charge in [-0.25, -0.2) is 9.79 Å². The summed E-state index contributed by atoms with van der Waals surface area (Å²) in [7, 11) is 0. The van der Waals surface area contributed by atoms with Gasteiger partial charge in [-0.2, -0.15) is 0 Å². The molecule has 1 aliphatic rings. The van der Waals surface area contributed by atoms with E-state index in [4.69, 9.17) is 14.5 Å². The summed E-state index contributed by atoms with van der Waals surface area (Å²) in [5, 5.41) is 10.9. The van der Waals surface area contributed by atoms with Crippen molar-refractivity contribution in [2.24, 2.45) is 4.99 Å². The van der Waals surface area contributed by atoms with E-state index in [0.29, 0.717) is 36.7 Å². The van der Waals surface area contributed by atoms with Gasteiger partial charge in [0, 0.05) is 17.7 Å². The third-order valence-electron chi connectivity index (χ3n) is 8.09. The van der Waals surface area contributed by atoms with Crippen LogP contribution >= 0.6 is 27.3 Å². The maximum atomic E-state index is 14.3. The van der Waals surface area contributed by atoms with E-state index in [1.807, 2.05) is 66.7 Å². The second-order valence-electron chi connectivity index (χ2n) is 11.7. The molecular formula is C38H32BrN3O6S. The molecule has 0 N–H and O–H groups in total. The zero-order valence-corrected chi connectivity index (χ0v) is 29.4. The number of thiazole rings is 1. The van der Waals surface area contributed by atoms with Gasteiger partial charge in [-0.1, -0.05) is 85.8 Å². The van der Waals surface area contributed by atoms with Crippen molar-refractivity contribution in [3.63, 3.8) is 0 Å². The summed E-state index contributed by atoms with van der Waals surface area (Å²) in [5.41, 5.74) is 4.74. The van der Waals surface area contributed by atoms with Crippen LogP contribution in [0.15, 0.2) is 117 Å². The number of carbonyl (C=O) groups excluding carboxylic acids is 1. The molecule has 49 heavy (non-hydrogen) atoms. The number of nitrogens with zero attached hydrogens (tertiary/aromatic N) is 3. The number of carbonyl (C=O) groups is 1. The molecular weight excluding hydrogens is 706 g/mol. The van der Waals surface area contributed by atoms with Crippen LogP contribution in [0.5, 0.6) is 5.75 Å². The normalized spacial score (nSPS) is 14.4. The molecule has 248 valence electrons. The number of fused-ring (bicyclic) bond motifs is 1. The SMILES string of the molecule is CCOC(=O)C1=C(c2ccccc2)N=c2s/c(=C\c3ccc(OCc4ccc([N+](=O)[O-])cc4)c(Br)c3)c(=O)n2[C@H]1c1ccc(C(C)C)cc1. The highest BCUT2D eigenvalue weighted by atomic mass is 79.9. The summed E-state index contributed by atoms with van der Waals surface area (Å²) >= 11 is 4.83. The van der Waals surface area contributed by atoms with Crippen LogP contribution < -0.4 is 19.6 Å². The average Bonchev–Trinajstić information content (AvgIpc) is 3.41. The van der Waals surface area contributed by atoms with E-state index in [-0.39, 0.29) is 24.5 Å². The number of benzene rings is 4. The van der Waals surface area contributed by atoms with Crippen LogP contribution in [0.2, 0.25) is 0 Å². The van der Waals surface area contributed by atoms with Gasteiger partial charge in [0.1, 0.15) is 12.4 Å². The van der Waals surface area contributed by atoms with E-state index in [1.54, 1.807) is 35.8 Å². The van der Waals surface area contributed by atoms with Crippen molar-refractivity contribution in [2.45, 2.75) is 39.3 Å². The molecule has 0 aliphatic carbocycles. The van der Waals surface area contributed by atoms with Gasteiger partial charge in [0.05, 0.1) is 37.8 Å². The lowest BCUT2D eigenvalue weighted by Gasteiger charge is -2.26. The largest absolute Gasteiger partial charge is 0.488 e. The van der Waals surface area contributed by atoms with Crippen molar-refractivity contribution < 1.29 is 19.2 Å². The van der Waals surface area contributed by atoms with Crippen LogP contribution in [0.1, 0.15) is 60.5 Å². The maximum absolute atomic E-state index is 14.3. The number of hydrogen-bond acceptors (Lipinski definition) is 8. The van der Waals surface area contributed by atoms with Gasteiger partial charge in [0.2, 0.25) is 0 Å². The molecule has 0 saturated heterocycles. The van der Waals surface area contributed by atoms with Crippen molar-refractivity contribution in [3.05, 3.63) is 165 Å². The van der Waals surface area contributed by atoms with Gasteiger partial charge in [0.15, 0.2) is 4.80 Å². The molecule has 6 rings (SSSR count). The lowest BCUT2D eigenvalue weighted by Crippen LogP contribution is -2.40. The van der Waals surface area contributed by atoms with E-state index in [1.165, 1.54) is 23.5 Å². The van der Waals surface area contributed by atoms with Crippen molar-refractivity contribution in [1.29, 1.82) is 0 Å². The van der Waals surface area contributed by atoms with Crippen molar-refractivity contribution in [3.8, 4) is 5.75 Å². The first-order valence-electron chi connectivity index (χ1n) is 15.7. The van der Waals surface area contributed by atoms with Crippen molar-refractivity contribution in [1.82, 2.24) is 4.57 Å². The van der Waals surface area contributed by atoms with Crippen LogP contribution in [0.3, 0.4) is 0 Å². The molecule has 0 spiro atoms. The van der Waals surface area contributed by atoms with Crippen molar-refractivity contribution >= 4 is 50.7 Å². The number of rotatable bonds is 10. The second kappa shape index (κ2) is 14.6. The fraction of sp³-hybridized carbons (Fsp3) is 0.184. The number of ether oxygens (including phenoxy) is 2. The number of nitro groups is 1. The first-order chi connectivity index (χ1) is 23.6. The monoisotopic (exact) mass is 737 g/mol. The average molecular weight is 739 g/mol. The van der Waals surface area contributed by atoms with E-state index < -0.39 is 16.9 Å². The number of aromatic nitrogens is 1. The molecule has 0 bridgehead atoms. The number of nitro benzene ring substituents is 1. The fourth-order valence-corrected chi connectivity index (χ4v) is 7.08. The molecule has 0 saturated carbocycles. The molecule has 11 heteroatoms. The Balaban J connectivity index is 1.42. The number of hydrogen-bond donors (Lipinski definition) is 0. The van der Waals surface area contributed by atoms with Gasteiger partial charge in [0.25, 0.3) is 11.2 Å². The molecule has 9 nitrogen and oxygen atoms in total. The van der Waals surface area contributed by atoms with Gasteiger partial charge < -0.3 is 9.47 Å². The van der Waals surface area contributed by atoms with Gasteiger partial charge in [-0.3, -0.25) is 19.5 Å². The minimum absolute atomic E-state index is 0.0170. The molecule has 1 aromatic heterocycles. The fourth-order valence-electron chi connectivity index (χ4n) is 5.57. The molecule has 2 heterocycles. The Bertz CT molecular complexity index is 2240. The Morgan fingerprint density at radius 1 is 1.04 bits per heavy atom. The molecule has 1 aliphatic heterocycles. The van der Waals surface area contributed by atoms with Crippen LogP contribution in [-0.4, -0.2) is 22.1 Å². The van der Waals surface area contributed by atoms with Crippen LogP contribution in [0.4, 0.5) is 5.69 Å².